The highest BCUT2D eigenvalue weighted by atomic mass is 16.4. The first kappa shape index (κ1) is 15.3. The maximum absolute atomic E-state index is 12.6. The zero-order valence-corrected chi connectivity index (χ0v) is 13.2. The second kappa shape index (κ2) is 6.28. The standard InChI is InChI=1S/C16H19N3O4/c1-11(2)13-14(23-10-17-13)16(21)19-7-5-18(6-8-19)15(20)12-4-3-9-22-12/h3-4,9-11H,5-8H2,1-2H3. The molecular formula is C16H19N3O4. The van der Waals surface area contributed by atoms with Crippen LogP contribution in [0, 0.1) is 0 Å². The van der Waals surface area contributed by atoms with E-state index in [9.17, 15) is 9.59 Å². The number of amides is 2. The number of oxazole rings is 1. The predicted octanol–water partition coefficient (Wildman–Crippen LogP) is 1.99. The van der Waals surface area contributed by atoms with Crippen LogP contribution in [0.5, 0.6) is 0 Å². The SMILES string of the molecule is CC(C)c1ncoc1C(=O)N1CCN(C(=O)c2ccco2)CC1. The molecule has 1 saturated heterocycles. The van der Waals surface area contributed by atoms with Gasteiger partial charge in [-0.1, -0.05) is 13.8 Å². The molecule has 2 aromatic rings. The molecule has 2 aromatic heterocycles. The molecule has 3 rings (SSSR count). The Morgan fingerprint density at radius 3 is 2.30 bits per heavy atom. The quantitative estimate of drug-likeness (QED) is 0.865. The van der Waals surface area contributed by atoms with E-state index in [1.807, 2.05) is 13.8 Å². The molecule has 0 atom stereocenters. The van der Waals surface area contributed by atoms with Crippen LogP contribution in [0.1, 0.15) is 46.6 Å². The van der Waals surface area contributed by atoms with Crippen LogP contribution in [0.4, 0.5) is 0 Å². The third kappa shape index (κ3) is 2.99. The monoisotopic (exact) mass is 317 g/mol. The summed E-state index contributed by atoms with van der Waals surface area (Å²) >= 11 is 0. The van der Waals surface area contributed by atoms with Gasteiger partial charge in [-0.3, -0.25) is 9.59 Å². The number of furan rings is 1. The highest BCUT2D eigenvalue weighted by molar-refractivity contribution is 5.94. The lowest BCUT2D eigenvalue weighted by Crippen LogP contribution is -2.50. The molecule has 1 aliphatic heterocycles. The molecular weight excluding hydrogens is 298 g/mol. The summed E-state index contributed by atoms with van der Waals surface area (Å²) in [5, 5.41) is 0. The van der Waals surface area contributed by atoms with Crippen LogP contribution in [-0.2, 0) is 0 Å². The fourth-order valence-electron chi connectivity index (χ4n) is 2.64. The summed E-state index contributed by atoms with van der Waals surface area (Å²) in [6, 6.07) is 3.33. The van der Waals surface area contributed by atoms with Crippen LogP contribution in [-0.4, -0.2) is 52.8 Å². The van der Waals surface area contributed by atoms with Crippen LogP contribution in [0.15, 0.2) is 33.6 Å². The molecule has 1 aliphatic rings. The average Bonchev–Trinajstić information content (AvgIpc) is 3.24. The molecule has 0 aliphatic carbocycles. The highest BCUT2D eigenvalue weighted by Crippen LogP contribution is 2.20. The van der Waals surface area contributed by atoms with Gasteiger partial charge >= 0.3 is 0 Å². The molecule has 0 spiro atoms. The highest BCUT2D eigenvalue weighted by Gasteiger charge is 2.29. The zero-order chi connectivity index (χ0) is 16.4. The van der Waals surface area contributed by atoms with E-state index in [0.29, 0.717) is 43.4 Å². The van der Waals surface area contributed by atoms with Gasteiger partial charge in [0, 0.05) is 26.2 Å². The van der Waals surface area contributed by atoms with Crippen molar-refractivity contribution in [2.75, 3.05) is 26.2 Å². The Kier molecular flexibility index (Phi) is 4.18. The molecule has 122 valence electrons. The van der Waals surface area contributed by atoms with Crippen molar-refractivity contribution >= 4 is 11.8 Å². The molecule has 0 unspecified atom stereocenters. The third-order valence-electron chi connectivity index (χ3n) is 3.92. The number of aromatic nitrogens is 1. The summed E-state index contributed by atoms with van der Waals surface area (Å²) in [6.45, 7) is 5.79. The Morgan fingerprint density at radius 2 is 1.74 bits per heavy atom. The lowest BCUT2D eigenvalue weighted by molar-refractivity contribution is 0.0501. The first-order chi connectivity index (χ1) is 11.1. The van der Waals surface area contributed by atoms with E-state index in [4.69, 9.17) is 8.83 Å². The number of nitrogens with zero attached hydrogens (tertiary/aromatic N) is 3. The van der Waals surface area contributed by atoms with Gasteiger partial charge in [0.2, 0.25) is 5.76 Å². The maximum Gasteiger partial charge on any atom is 0.291 e. The van der Waals surface area contributed by atoms with Crippen LogP contribution < -0.4 is 0 Å². The van der Waals surface area contributed by atoms with E-state index >= 15 is 0 Å². The Bertz CT molecular complexity index is 682. The average molecular weight is 317 g/mol. The number of carbonyl (C=O) groups excluding carboxylic acids is 2. The van der Waals surface area contributed by atoms with Crippen molar-refractivity contribution in [3.8, 4) is 0 Å². The van der Waals surface area contributed by atoms with E-state index in [2.05, 4.69) is 4.98 Å². The molecule has 0 N–H and O–H groups in total. The number of hydrogen-bond donors (Lipinski definition) is 0. The Hall–Kier alpha value is -2.57. The molecule has 7 nitrogen and oxygen atoms in total. The molecule has 2 amide bonds. The number of piperazine rings is 1. The van der Waals surface area contributed by atoms with E-state index in [1.54, 1.807) is 21.9 Å². The Morgan fingerprint density at radius 1 is 1.09 bits per heavy atom. The minimum Gasteiger partial charge on any atom is -0.459 e. The topological polar surface area (TPSA) is 79.8 Å². The minimum atomic E-state index is -0.170. The van der Waals surface area contributed by atoms with Crippen LogP contribution in [0.3, 0.4) is 0 Å². The number of hydrogen-bond acceptors (Lipinski definition) is 5. The second-order valence-corrected chi connectivity index (χ2v) is 5.78. The summed E-state index contributed by atoms with van der Waals surface area (Å²) in [6.07, 6.45) is 2.78. The molecule has 0 bridgehead atoms. The van der Waals surface area contributed by atoms with Gasteiger partial charge in [0.25, 0.3) is 11.8 Å². The van der Waals surface area contributed by atoms with Crippen molar-refractivity contribution in [2.45, 2.75) is 19.8 Å². The Balaban J connectivity index is 1.63. The number of rotatable bonds is 3. The van der Waals surface area contributed by atoms with E-state index in [0.717, 1.165) is 0 Å². The van der Waals surface area contributed by atoms with Crippen LogP contribution in [0.2, 0.25) is 0 Å². The minimum absolute atomic E-state index is 0.120. The predicted molar refractivity (Wildman–Crippen MR) is 81.1 cm³/mol. The second-order valence-electron chi connectivity index (χ2n) is 5.78. The normalized spacial score (nSPS) is 15.3. The van der Waals surface area contributed by atoms with Crippen molar-refractivity contribution in [2.24, 2.45) is 0 Å². The molecule has 7 heteroatoms. The molecule has 3 heterocycles. The van der Waals surface area contributed by atoms with E-state index in [-0.39, 0.29) is 17.7 Å². The summed E-state index contributed by atoms with van der Waals surface area (Å²) in [5.41, 5.74) is 0.670. The fraction of sp³-hybridized carbons (Fsp3) is 0.438. The van der Waals surface area contributed by atoms with Gasteiger partial charge in [0.1, 0.15) is 0 Å². The molecule has 0 radical (unpaired) electrons. The van der Waals surface area contributed by atoms with E-state index < -0.39 is 0 Å². The van der Waals surface area contributed by atoms with Gasteiger partial charge in [0.05, 0.1) is 12.0 Å². The van der Waals surface area contributed by atoms with Gasteiger partial charge in [-0.05, 0) is 18.1 Å². The molecule has 1 fully saturated rings. The lowest BCUT2D eigenvalue weighted by atomic mass is 10.1. The van der Waals surface area contributed by atoms with Gasteiger partial charge in [0.15, 0.2) is 12.2 Å². The summed E-state index contributed by atoms with van der Waals surface area (Å²) in [7, 11) is 0. The maximum atomic E-state index is 12.6. The van der Waals surface area contributed by atoms with Crippen LogP contribution in [0.25, 0.3) is 0 Å². The summed E-state index contributed by atoms with van der Waals surface area (Å²) in [4.78, 5) is 32.3. The third-order valence-corrected chi connectivity index (χ3v) is 3.92. The van der Waals surface area contributed by atoms with Gasteiger partial charge in [-0.15, -0.1) is 0 Å². The van der Waals surface area contributed by atoms with Crippen molar-refractivity contribution in [1.29, 1.82) is 0 Å². The van der Waals surface area contributed by atoms with Crippen molar-refractivity contribution in [1.82, 2.24) is 14.8 Å². The fourth-order valence-corrected chi connectivity index (χ4v) is 2.64. The van der Waals surface area contributed by atoms with Crippen molar-refractivity contribution < 1.29 is 18.4 Å². The number of carbonyl (C=O) groups is 2. The van der Waals surface area contributed by atoms with Crippen LogP contribution >= 0.6 is 0 Å². The van der Waals surface area contributed by atoms with Crippen molar-refractivity contribution in [3.05, 3.63) is 42.0 Å². The summed E-state index contributed by atoms with van der Waals surface area (Å²) in [5.74, 6) is 0.420. The molecule has 23 heavy (non-hydrogen) atoms. The largest absolute Gasteiger partial charge is 0.459 e. The smallest absolute Gasteiger partial charge is 0.291 e. The van der Waals surface area contributed by atoms with E-state index in [1.165, 1.54) is 12.7 Å². The summed E-state index contributed by atoms with van der Waals surface area (Å²) < 4.78 is 10.4. The molecule has 0 aromatic carbocycles. The van der Waals surface area contributed by atoms with Gasteiger partial charge in [-0.25, -0.2) is 4.98 Å². The first-order valence-electron chi connectivity index (χ1n) is 7.63. The Labute approximate surface area is 133 Å². The van der Waals surface area contributed by atoms with Gasteiger partial charge in [-0.2, -0.15) is 0 Å². The van der Waals surface area contributed by atoms with Gasteiger partial charge < -0.3 is 18.6 Å². The lowest BCUT2D eigenvalue weighted by Gasteiger charge is -2.34. The van der Waals surface area contributed by atoms with Crippen molar-refractivity contribution in [3.63, 3.8) is 0 Å². The zero-order valence-electron chi connectivity index (χ0n) is 13.2. The first-order valence-corrected chi connectivity index (χ1v) is 7.63. The molecule has 0 saturated carbocycles.